The maximum absolute atomic E-state index is 6.68. The van der Waals surface area contributed by atoms with Crippen molar-refractivity contribution in [1.82, 2.24) is 0 Å². The molecule has 1 heterocycles. The second-order valence-electron chi connectivity index (χ2n) is 4.61. The van der Waals surface area contributed by atoms with E-state index < -0.39 is 0 Å². The summed E-state index contributed by atoms with van der Waals surface area (Å²) < 4.78 is 2.36. The first kappa shape index (κ1) is 13.2. The topological polar surface area (TPSA) is 0 Å². The van der Waals surface area contributed by atoms with Crippen molar-refractivity contribution < 1.29 is 0 Å². The lowest BCUT2D eigenvalue weighted by molar-refractivity contribution is 1.15. The zero-order valence-electron chi connectivity index (χ0n) is 10.4. The normalized spacial score (nSPS) is 12.8. The quantitative estimate of drug-likeness (QED) is 0.475. The molecule has 3 aromatic rings. The smallest absolute Gasteiger partial charge is 0.0849 e. The summed E-state index contributed by atoms with van der Waals surface area (Å²) in [5.41, 5.74) is 3.55. The van der Waals surface area contributed by atoms with E-state index in [9.17, 15) is 0 Å². The fourth-order valence-electron chi connectivity index (χ4n) is 2.29. The number of alkyl halides is 1. The monoisotopic (exact) mass is 350 g/mol. The van der Waals surface area contributed by atoms with Crippen LogP contribution in [0.1, 0.15) is 22.1 Å². The van der Waals surface area contributed by atoms with Gasteiger partial charge in [-0.3, -0.25) is 0 Å². The minimum atomic E-state index is -0.104. The van der Waals surface area contributed by atoms with Crippen molar-refractivity contribution in [2.45, 2.75) is 12.3 Å². The molecule has 0 radical (unpaired) electrons. The van der Waals surface area contributed by atoms with Crippen LogP contribution < -0.4 is 0 Å². The molecular weight excluding hydrogens is 340 g/mol. The Labute approximate surface area is 130 Å². The second-order valence-corrected chi connectivity index (χ2v) is 6.88. The summed E-state index contributed by atoms with van der Waals surface area (Å²) in [6.45, 7) is 2.09. The van der Waals surface area contributed by atoms with Crippen LogP contribution in [0.25, 0.3) is 10.1 Å². The van der Waals surface area contributed by atoms with E-state index in [1.165, 1.54) is 21.2 Å². The minimum Gasteiger partial charge on any atom is -0.143 e. The molecule has 96 valence electrons. The maximum Gasteiger partial charge on any atom is 0.0849 e. The third kappa shape index (κ3) is 2.58. The van der Waals surface area contributed by atoms with E-state index in [4.69, 9.17) is 11.6 Å². The summed E-state index contributed by atoms with van der Waals surface area (Å²) in [5, 5.41) is 3.32. The van der Waals surface area contributed by atoms with Crippen LogP contribution in [0.15, 0.2) is 52.3 Å². The molecule has 19 heavy (non-hydrogen) atoms. The van der Waals surface area contributed by atoms with Crippen LogP contribution in [-0.4, -0.2) is 0 Å². The summed E-state index contributed by atoms with van der Waals surface area (Å²) in [6, 6.07) is 14.7. The van der Waals surface area contributed by atoms with Crippen molar-refractivity contribution in [1.29, 1.82) is 0 Å². The van der Waals surface area contributed by atoms with Gasteiger partial charge in [0.05, 0.1) is 5.38 Å². The van der Waals surface area contributed by atoms with Crippen molar-refractivity contribution >= 4 is 49.0 Å². The first-order valence-electron chi connectivity index (χ1n) is 6.02. The minimum absolute atomic E-state index is 0.104. The summed E-state index contributed by atoms with van der Waals surface area (Å²) >= 11 is 12.0. The SMILES string of the molecule is Cc1cc(Br)cc(C(Cl)c2csc3ccccc23)c1. The predicted molar refractivity (Wildman–Crippen MR) is 88.4 cm³/mol. The van der Waals surface area contributed by atoms with Gasteiger partial charge in [-0.25, -0.2) is 0 Å². The Balaban J connectivity index is 2.10. The molecule has 0 saturated heterocycles. The van der Waals surface area contributed by atoms with Gasteiger partial charge in [0.25, 0.3) is 0 Å². The molecule has 3 rings (SSSR count). The highest BCUT2D eigenvalue weighted by Crippen LogP contribution is 2.38. The molecule has 0 aliphatic rings. The van der Waals surface area contributed by atoms with E-state index in [0.29, 0.717) is 0 Å². The first-order chi connectivity index (χ1) is 9.15. The number of hydrogen-bond donors (Lipinski definition) is 0. The highest BCUT2D eigenvalue weighted by molar-refractivity contribution is 9.10. The molecule has 0 spiro atoms. The summed E-state index contributed by atoms with van der Waals surface area (Å²) in [5.74, 6) is 0. The zero-order valence-corrected chi connectivity index (χ0v) is 13.5. The van der Waals surface area contributed by atoms with Gasteiger partial charge >= 0.3 is 0 Å². The highest BCUT2D eigenvalue weighted by atomic mass is 79.9. The second kappa shape index (κ2) is 5.28. The summed E-state index contributed by atoms with van der Waals surface area (Å²) in [4.78, 5) is 0. The molecular formula is C16H12BrClS. The number of halogens is 2. The van der Waals surface area contributed by atoms with Gasteiger partial charge in [0.1, 0.15) is 0 Å². The Hall–Kier alpha value is -0.830. The number of rotatable bonds is 2. The van der Waals surface area contributed by atoms with Gasteiger partial charge in [-0.15, -0.1) is 22.9 Å². The number of thiophene rings is 1. The molecule has 0 aliphatic carbocycles. The highest BCUT2D eigenvalue weighted by Gasteiger charge is 2.16. The molecule has 0 fully saturated rings. The summed E-state index contributed by atoms with van der Waals surface area (Å²) in [6.07, 6.45) is 0. The van der Waals surface area contributed by atoms with E-state index in [1.807, 2.05) is 0 Å². The Bertz CT molecular complexity index is 712. The molecule has 0 amide bonds. The molecule has 0 nitrogen and oxygen atoms in total. The fraction of sp³-hybridized carbons (Fsp3) is 0.125. The van der Waals surface area contributed by atoms with Gasteiger partial charge in [-0.05, 0) is 52.6 Å². The van der Waals surface area contributed by atoms with Gasteiger partial charge in [-0.1, -0.05) is 40.2 Å². The predicted octanol–water partition coefficient (Wildman–Crippen LogP) is 6.30. The first-order valence-corrected chi connectivity index (χ1v) is 8.13. The third-order valence-corrected chi connectivity index (χ3v) is 5.07. The Morgan fingerprint density at radius 3 is 2.74 bits per heavy atom. The fourth-order valence-corrected chi connectivity index (χ4v) is 4.28. The van der Waals surface area contributed by atoms with Crippen LogP contribution >= 0.6 is 38.9 Å². The van der Waals surface area contributed by atoms with E-state index >= 15 is 0 Å². The van der Waals surface area contributed by atoms with Gasteiger partial charge in [-0.2, -0.15) is 0 Å². The lowest BCUT2D eigenvalue weighted by atomic mass is 10.0. The number of fused-ring (bicyclic) bond motifs is 1. The van der Waals surface area contributed by atoms with Crippen molar-refractivity contribution in [3.63, 3.8) is 0 Å². The standard InChI is InChI=1S/C16H12BrClS/c1-10-6-11(8-12(17)7-10)16(18)14-9-19-15-5-3-2-4-13(14)15/h2-9,16H,1H3. The number of benzene rings is 2. The van der Waals surface area contributed by atoms with Gasteiger partial charge in [0, 0.05) is 9.17 Å². The average Bonchev–Trinajstić information content (AvgIpc) is 2.80. The molecule has 0 N–H and O–H groups in total. The maximum atomic E-state index is 6.68. The number of aryl methyl sites for hydroxylation is 1. The van der Waals surface area contributed by atoms with E-state index in [2.05, 4.69) is 70.7 Å². The van der Waals surface area contributed by atoms with Crippen LogP contribution in [0, 0.1) is 6.92 Å². The van der Waals surface area contributed by atoms with Crippen LogP contribution in [0.2, 0.25) is 0 Å². The molecule has 0 bridgehead atoms. The van der Waals surface area contributed by atoms with E-state index in [1.54, 1.807) is 11.3 Å². The lowest BCUT2D eigenvalue weighted by Crippen LogP contribution is -1.93. The molecule has 0 saturated carbocycles. The molecule has 1 unspecified atom stereocenters. The van der Waals surface area contributed by atoms with E-state index in [-0.39, 0.29) is 5.38 Å². The van der Waals surface area contributed by atoms with Crippen LogP contribution in [0.4, 0.5) is 0 Å². The van der Waals surface area contributed by atoms with Crippen molar-refractivity contribution in [2.24, 2.45) is 0 Å². The van der Waals surface area contributed by atoms with Crippen molar-refractivity contribution in [3.8, 4) is 0 Å². The molecule has 1 aromatic heterocycles. The zero-order chi connectivity index (χ0) is 13.4. The Morgan fingerprint density at radius 1 is 1.16 bits per heavy atom. The third-order valence-electron chi connectivity index (χ3n) is 3.14. The van der Waals surface area contributed by atoms with Crippen LogP contribution in [-0.2, 0) is 0 Å². The molecule has 1 atom stereocenters. The Morgan fingerprint density at radius 2 is 1.95 bits per heavy atom. The van der Waals surface area contributed by atoms with E-state index in [0.717, 1.165) is 10.0 Å². The van der Waals surface area contributed by atoms with Crippen molar-refractivity contribution in [3.05, 3.63) is 69.0 Å². The number of hydrogen-bond acceptors (Lipinski definition) is 1. The summed E-state index contributed by atoms with van der Waals surface area (Å²) in [7, 11) is 0. The van der Waals surface area contributed by atoms with Crippen LogP contribution in [0.3, 0.4) is 0 Å². The van der Waals surface area contributed by atoms with Gasteiger partial charge in [0.15, 0.2) is 0 Å². The lowest BCUT2D eigenvalue weighted by Gasteiger charge is -2.11. The average molecular weight is 352 g/mol. The molecule has 0 aliphatic heterocycles. The molecule has 3 heteroatoms. The van der Waals surface area contributed by atoms with Gasteiger partial charge in [0.2, 0.25) is 0 Å². The largest absolute Gasteiger partial charge is 0.143 e. The van der Waals surface area contributed by atoms with Crippen molar-refractivity contribution in [2.75, 3.05) is 0 Å². The molecule has 2 aromatic carbocycles. The van der Waals surface area contributed by atoms with Crippen LogP contribution in [0.5, 0.6) is 0 Å². The van der Waals surface area contributed by atoms with Gasteiger partial charge < -0.3 is 0 Å². The Kier molecular flexibility index (Phi) is 3.66.